The maximum Gasteiger partial charge on any atom is 0.220 e. The van der Waals surface area contributed by atoms with Crippen molar-refractivity contribution in [2.24, 2.45) is 5.92 Å². The van der Waals surface area contributed by atoms with Crippen molar-refractivity contribution in [3.8, 4) is 16.9 Å². The van der Waals surface area contributed by atoms with E-state index in [0.717, 1.165) is 71.2 Å². The lowest BCUT2D eigenvalue weighted by Crippen LogP contribution is -2.30. The second-order valence-electron chi connectivity index (χ2n) is 15.0. The molecule has 308 valence electrons. The third-order valence-corrected chi connectivity index (χ3v) is 9.53. The Morgan fingerprint density at radius 2 is 1.32 bits per heavy atom. The lowest BCUT2D eigenvalue weighted by Gasteiger charge is -2.16. The first-order valence-corrected chi connectivity index (χ1v) is 20.4. The molecule has 4 rings (SSSR count). The average Bonchev–Trinajstić information content (AvgIpc) is 3.19. The van der Waals surface area contributed by atoms with Crippen LogP contribution < -0.4 is 10.1 Å². The molecule has 0 aliphatic carbocycles. The van der Waals surface area contributed by atoms with E-state index >= 15 is 0 Å². The van der Waals surface area contributed by atoms with Gasteiger partial charge in [-0.25, -0.2) is 0 Å². The molecular formula is C47H62N2O8. The molecule has 57 heavy (non-hydrogen) atoms. The summed E-state index contributed by atoms with van der Waals surface area (Å²) in [5.74, 6) is 0.968. The molecule has 0 fully saturated rings. The highest BCUT2D eigenvalue weighted by atomic mass is 16.6. The number of aryl methyl sites for hydroxylation is 2. The summed E-state index contributed by atoms with van der Waals surface area (Å²) in [5, 5.41) is 4.92. The molecule has 1 aromatic heterocycles. The van der Waals surface area contributed by atoms with Gasteiger partial charge in [-0.2, -0.15) is 0 Å². The zero-order valence-corrected chi connectivity index (χ0v) is 34.4. The Morgan fingerprint density at radius 3 is 1.98 bits per heavy atom. The van der Waals surface area contributed by atoms with Crippen LogP contribution in [0.2, 0.25) is 0 Å². The highest BCUT2D eigenvalue weighted by Crippen LogP contribution is 2.30. The molecule has 0 spiro atoms. The number of pyridine rings is 1. The molecule has 3 aromatic carbocycles. The maximum absolute atomic E-state index is 12.9. The minimum absolute atomic E-state index is 0.0196. The van der Waals surface area contributed by atoms with Crippen molar-refractivity contribution < 1.29 is 38.1 Å². The van der Waals surface area contributed by atoms with Crippen LogP contribution in [0.15, 0.2) is 79.0 Å². The SMILES string of the molecule is CC(=O)C[C@H](CC(=O)CNC(=O)CCCCc1cc(C)ccn1)c1ccc(-c2ccc3cc(OCCOCCOCCOCCOCCC(C)C)ccc3c2)cc1. The molecule has 4 aromatic rings. The van der Waals surface area contributed by atoms with E-state index in [4.69, 9.17) is 23.7 Å². The molecule has 0 aliphatic heterocycles. The average molecular weight is 783 g/mol. The first kappa shape index (κ1) is 45.2. The van der Waals surface area contributed by atoms with Crippen molar-refractivity contribution in [3.05, 3.63) is 95.8 Å². The zero-order valence-electron chi connectivity index (χ0n) is 34.4. The number of aromatic nitrogens is 1. The number of Topliss-reactive ketones (excluding diaryl/α,β-unsaturated/α-hetero) is 2. The molecule has 0 unspecified atom stereocenters. The third kappa shape index (κ3) is 18.1. The van der Waals surface area contributed by atoms with Gasteiger partial charge in [0.25, 0.3) is 0 Å². The molecule has 0 radical (unpaired) electrons. The van der Waals surface area contributed by atoms with E-state index in [9.17, 15) is 14.4 Å². The van der Waals surface area contributed by atoms with Crippen LogP contribution in [0.5, 0.6) is 5.75 Å². The minimum Gasteiger partial charge on any atom is -0.491 e. The lowest BCUT2D eigenvalue weighted by atomic mass is 9.88. The number of unbranched alkanes of at least 4 members (excludes halogenated alkanes) is 1. The number of hydrogen-bond acceptors (Lipinski definition) is 9. The Bertz CT molecular complexity index is 1810. The molecule has 10 nitrogen and oxygen atoms in total. The van der Waals surface area contributed by atoms with Crippen molar-refractivity contribution in [1.82, 2.24) is 10.3 Å². The topological polar surface area (TPSA) is 122 Å². The first-order chi connectivity index (χ1) is 27.7. The monoisotopic (exact) mass is 782 g/mol. The Hall–Kier alpha value is -4.48. The van der Waals surface area contributed by atoms with Gasteiger partial charge in [-0.05, 0) is 115 Å². The van der Waals surface area contributed by atoms with Crippen LogP contribution in [0.3, 0.4) is 0 Å². The van der Waals surface area contributed by atoms with Crippen molar-refractivity contribution in [2.45, 2.75) is 78.6 Å². The van der Waals surface area contributed by atoms with Crippen molar-refractivity contribution in [2.75, 3.05) is 66.0 Å². The van der Waals surface area contributed by atoms with Gasteiger partial charge < -0.3 is 33.8 Å². The number of ether oxygens (including phenoxy) is 5. The van der Waals surface area contributed by atoms with E-state index in [0.29, 0.717) is 65.2 Å². The molecular weight excluding hydrogens is 721 g/mol. The minimum atomic E-state index is -0.253. The Morgan fingerprint density at radius 1 is 0.684 bits per heavy atom. The molecule has 1 atom stereocenters. The fraction of sp³-hybridized carbons (Fsp3) is 0.489. The molecule has 0 bridgehead atoms. The van der Waals surface area contributed by atoms with Crippen LogP contribution in [0, 0.1) is 12.8 Å². The number of nitrogens with zero attached hydrogens (tertiary/aromatic N) is 1. The summed E-state index contributed by atoms with van der Waals surface area (Å²) >= 11 is 0. The molecule has 0 saturated carbocycles. The number of carbonyl (C=O) groups is 3. The Labute approximate surface area is 339 Å². The fourth-order valence-electron chi connectivity index (χ4n) is 6.35. The zero-order chi connectivity index (χ0) is 40.7. The van der Waals surface area contributed by atoms with E-state index in [1.807, 2.05) is 55.5 Å². The second-order valence-corrected chi connectivity index (χ2v) is 15.0. The van der Waals surface area contributed by atoms with Gasteiger partial charge in [0.1, 0.15) is 18.1 Å². The van der Waals surface area contributed by atoms with Gasteiger partial charge in [-0.3, -0.25) is 14.6 Å². The smallest absolute Gasteiger partial charge is 0.220 e. The number of fused-ring (bicyclic) bond motifs is 1. The van der Waals surface area contributed by atoms with Crippen molar-refractivity contribution in [1.29, 1.82) is 0 Å². The lowest BCUT2D eigenvalue weighted by molar-refractivity contribution is -0.125. The highest BCUT2D eigenvalue weighted by molar-refractivity contribution is 5.89. The van der Waals surface area contributed by atoms with Gasteiger partial charge in [-0.15, -0.1) is 0 Å². The Kier molecular flexibility index (Phi) is 20.4. The number of nitrogens with one attached hydrogen (secondary N) is 1. The van der Waals surface area contributed by atoms with Gasteiger partial charge in [-0.1, -0.05) is 56.3 Å². The maximum atomic E-state index is 12.9. The quantitative estimate of drug-likeness (QED) is 0.0543. The number of amides is 1. The van der Waals surface area contributed by atoms with E-state index in [1.165, 1.54) is 5.56 Å². The summed E-state index contributed by atoms with van der Waals surface area (Å²) in [6, 6.07) is 24.4. The van der Waals surface area contributed by atoms with E-state index < -0.39 is 0 Å². The summed E-state index contributed by atoms with van der Waals surface area (Å²) in [6.45, 7) is 12.9. The van der Waals surface area contributed by atoms with Gasteiger partial charge in [0.15, 0.2) is 5.78 Å². The standard InChI is InChI=1S/C47H62N2O8/c1-35(2)18-20-53-21-22-54-23-24-55-25-26-56-27-28-57-46-16-15-41-31-40(13-14-42(41)33-46)38-9-11-39(12-10-38)43(30-37(4)50)32-45(51)34-49-47(52)8-6-5-7-44-29-36(3)17-19-48-44/h9-17,19,29,31,33,35,43H,5-8,18,20-28,30,32,34H2,1-4H3,(H,49,52)/t43-/m1/s1. The van der Waals surface area contributed by atoms with Crippen LogP contribution >= 0.6 is 0 Å². The fourth-order valence-corrected chi connectivity index (χ4v) is 6.35. The van der Waals surface area contributed by atoms with Gasteiger partial charge in [0.2, 0.25) is 5.91 Å². The molecule has 1 amide bonds. The molecule has 1 N–H and O–H groups in total. The van der Waals surface area contributed by atoms with Crippen molar-refractivity contribution in [3.63, 3.8) is 0 Å². The van der Waals surface area contributed by atoms with Gasteiger partial charge in [0, 0.05) is 37.8 Å². The Balaban J connectivity index is 1.14. The number of rotatable bonds is 29. The number of ketones is 2. The van der Waals surface area contributed by atoms with Crippen LogP contribution in [0.1, 0.15) is 82.0 Å². The van der Waals surface area contributed by atoms with E-state index in [1.54, 1.807) is 13.1 Å². The number of hydrogen-bond donors (Lipinski definition) is 1. The predicted octanol–water partition coefficient (Wildman–Crippen LogP) is 8.25. The van der Waals surface area contributed by atoms with E-state index in [-0.39, 0.29) is 42.8 Å². The van der Waals surface area contributed by atoms with Crippen LogP contribution in [-0.2, 0) is 39.8 Å². The number of benzene rings is 3. The molecule has 1 heterocycles. The number of carbonyl (C=O) groups excluding carboxylic acids is 3. The third-order valence-electron chi connectivity index (χ3n) is 9.53. The van der Waals surface area contributed by atoms with Crippen LogP contribution in [0.4, 0.5) is 0 Å². The van der Waals surface area contributed by atoms with Crippen molar-refractivity contribution >= 4 is 28.2 Å². The highest BCUT2D eigenvalue weighted by Gasteiger charge is 2.19. The van der Waals surface area contributed by atoms with Gasteiger partial charge in [0.05, 0.1) is 52.8 Å². The summed E-state index contributed by atoms with van der Waals surface area (Å²) in [6.07, 6.45) is 6.08. The summed E-state index contributed by atoms with van der Waals surface area (Å²) in [4.78, 5) is 41.9. The second kappa shape index (κ2) is 25.7. The summed E-state index contributed by atoms with van der Waals surface area (Å²) < 4.78 is 28.2. The van der Waals surface area contributed by atoms with E-state index in [2.05, 4.69) is 48.4 Å². The van der Waals surface area contributed by atoms with Crippen LogP contribution in [-0.4, -0.2) is 88.5 Å². The molecule has 0 saturated heterocycles. The summed E-state index contributed by atoms with van der Waals surface area (Å²) in [7, 11) is 0. The largest absolute Gasteiger partial charge is 0.491 e. The first-order valence-electron chi connectivity index (χ1n) is 20.4. The van der Waals surface area contributed by atoms with Gasteiger partial charge >= 0.3 is 0 Å². The van der Waals surface area contributed by atoms with Crippen LogP contribution in [0.25, 0.3) is 21.9 Å². The molecule has 0 aliphatic rings. The molecule has 10 heteroatoms. The predicted molar refractivity (Wildman–Crippen MR) is 225 cm³/mol. The summed E-state index contributed by atoms with van der Waals surface area (Å²) in [5.41, 5.74) is 5.22. The normalized spacial score (nSPS) is 11.9.